The molecule has 10 nitrogen and oxygen atoms in total. The summed E-state index contributed by atoms with van der Waals surface area (Å²) in [5.74, 6) is 6.48. The van der Waals surface area contributed by atoms with Crippen LogP contribution in [0, 0.1) is 17.8 Å². The van der Waals surface area contributed by atoms with E-state index in [2.05, 4.69) is 37.3 Å². The van der Waals surface area contributed by atoms with E-state index in [1.54, 1.807) is 11.0 Å². The molecule has 0 bridgehead atoms. The molecule has 3 aromatic rings. The van der Waals surface area contributed by atoms with Gasteiger partial charge in [-0.05, 0) is 51.8 Å². The SMILES string of the molecule is COc1cnc(C(F)F)cc1-c1cc(N2CC(C)(C)N(C)CC2O)ncc1C(=O)Nc1nnc(C#CC2CC2)s1. The monoisotopic (exact) mass is 569 g/mol. The van der Waals surface area contributed by atoms with E-state index in [4.69, 9.17) is 4.74 Å². The molecule has 1 unspecified atom stereocenters. The Kier molecular flexibility index (Phi) is 7.67. The lowest BCUT2D eigenvalue weighted by Crippen LogP contribution is -2.62. The Morgan fingerprint density at radius 2 is 2.00 bits per heavy atom. The molecule has 3 aromatic heterocycles. The number of methoxy groups -OCH3 is 1. The second kappa shape index (κ2) is 11.0. The van der Waals surface area contributed by atoms with Crippen LogP contribution in [0.2, 0.25) is 0 Å². The minimum Gasteiger partial charge on any atom is -0.494 e. The fourth-order valence-electron chi connectivity index (χ4n) is 4.30. The first-order chi connectivity index (χ1) is 19.1. The molecule has 40 heavy (non-hydrogen) atoms. The summed E-state index contributed by atoms with van der Waals surface area (Å²) in [5, 5.41) is 22.3. The maximum absolute atomic E-state index is 13.6. The highest BCUT2D eigenvalue weighted by molar-refractivity contribution is 7.15. The van der Waals surface area contributed by atoms with Gasteiger partial charge >= 0.3 is 0 Å². The molecule has 0 aromatic carbocycles. The van der Waals surface area contributed by atoms with E-state index in [9.17, 15) is 18.7 Å². The van der Waals surface area contributed by atoms with E-state index < -0.39 is 24.3 Å². The van der Waals surface area contributed by atoms with Crippen LogP contribution in [0.4, 0.5) is 19.7 Å². The largest absolute Gasteiger partial charge is 0.494 e. The Balaban J connectivity index is 1.55. The Hall–Kier alpha value is -3.73. The number of aliphatic hydroxyl groups excluding tert-OH is 1. The standard InChI is InChI=1S/C27H29F2N7O3S/c1-27(2)14-36(23(37)13-35(27)3)21-10-16(17-9-19(24(28)29)30-12-20(17)39-4)18(11-31-21)25(38)32-26-34-33-22(40-26)8-7-15-5-6-15/h9-12,15,23-24,37H,5-6,13-14H2,1-4H3,(H,32,34,38). The Morgan fingerprint density at radius 1 is 1.23 bits per heavy atom. The van der Waals surface area contributed by atoms with Crippen molar-refractivity contribution < 1.29 is 23.4 Å². The molecule has 1 amide bonds. The number of nitrogens with one attached hydrogen (secondary N) is 1. The number of ether oxygens (including phenoxy) is 1. The third-order valence-corrected chi connectivity index (χ3v) is 7.80. The van der Waals surface area contributed by atoms with Crippen LogP contribution in [0.25, 0.3) is 11.1 Å². The van der Waals surface area contributed by atoms with Crippen molar-refractivity contribution in [3.05, 3.63) is 40.8 Å². The van der Waals surface area contributed by atoms with E-state index in [0.29, 0.717) is 29.8 Å². The average molecular weight is 570 g/mol. The third kappa shape index (κ3) is 5.89. The summed E-state index contributed by atoms with van der Waals surface area (Å²) in [4.78, 5) is 25.5. The van der Waals surface area contributed by atoms with Gasteiger partial charge in [0.2, 0.25) is 5.13 Å². The lowest BCUT2D eigenvalue weighted by atomic mass is 9.97. The number of likely N-dealkylation sites (N-methyl/N-ethyl adjacent to an activating group) is 1. The number of β-amino-alcohol motifs (C(OH)–C–C–N with tert-alkyl or cyclic N) is 1. The topological polar surface area (TPSA) is 117 Å². The van der Waals surface area contributed by atoms with E-state index in [0.717, 1.165) is 24.2 Å². The van der Waals surface area contributed by atoms with Crippen molar-refractivity contribution in [1.29, 1.82) is 0 Å². The van der Waals surface area contributed by atoms with Crippen LogP contribution < -0.4 is 15.0 Å². The van der Waals surface area contributed by atoms with Gasteiger partial charge in [-0.15, -0.1) is 10.2 Å². The van der Waals surface area contributed by atoms with Gasteiger partial charge in [0.15, 0.2) is 5.01 Å². The van der Waals surface area contributed by atoms with Gasteiger partial charge < -0.3 is 14.7 Å². The highest BCUT2D eigenvalue weighted by atomic mass is 32.1. The lowest BCUT2D eigenvalue weighted by Gasteiger charge is -2.48. The molecular weight excluding hydrogens is 540 g/mol. The molecule has 1 saturated heterocycles. The number of piperazine rings is 1. The number of carbonyl (C=O) groups is 1. The molecule has 5 rings (SSSR count). The average Bonchev–Trinajstić information content (AvgIpc) is 3.66. The van der Waals surface area contributed by atoms with Gasteiger partial charge in [0.05, 0.1) is 18.9 Å². The number of anilines is 2. The quantitative estimate of drug-likeness (QED) is 0.428. The van der Waals surface area contributed by atoms with Crippen molar-refractivity contribution in [1.82, 2.24) is 25.1 Å². The number of aromatic nitrogens is 4. The molecule has 13 heteroatoms. The minimum atomic E-state index is -2.83. The van der Waals surface area contributed by atoms with Gasteiger partial charge in [-0.3, -0.25) is 20.0 Å². The van der Waals surface area contributed by atoms with Crippen LogP contribution >= 0.6 is 11.3 Å². The van der Waals surface area contributed by atoms with E-state index in [-0.39, 0.29) is 33.1 Å². The van der Waals surface area contributed by atoms with Gasteiger partial charge in [-0.1, -0.05) is 17.3 Å². The van der Waals surface area contributed by atoms with Crippen molar-refractivity contribution in [2.45, 2.75) is 44.9 Å². The molecule has 1 aliphatic heterocycles. The molecular formula is C27H29F2N7O3S. The molecule has 1 aliphatic carbocycles. The summed E-state index contributed by atoms with van der Waals surface area (Å²) in [6.07, 6.45) is 1.01. The number of alkyl halides is 2. The summed E-state index contributed by atoms with van der Waals surface area (Å²) in [7, 11) is 3.32. The zero-order chi connectivity index (χ0) is 28.6. The molecule has 4 heterocycles. The Labute approximate surface area is 234 Å². The molecule has 1 saturated carbocycles. The van der Waals surface area contributed by atoms with Crippen molar-refractivity contribution in [2.24, 2.45) is 5.92 Å². The minimum absolute atomic E-state index is 0.0946. The Morgan fingerprint density at radius 3 is 2.70 bits per heavy atom. The molecule has 2 N–H and O–H groups in total. The summed E-state index contributed by atoms with van der Waals surface area (Å²) in [6.45, 7) is 4.89. The van der Waals surface area contributed by atoms with E-state index in [1.165, 1.54) is 25.6 Å². The Bertz CT molecular complexity index is 1480. The number of rotatable bonds is 6. The maximum Gasteiger partial charge on any atom is 0.280 e. The van der Waals surface area contributed by atoms with E-state index in [1.807, 2.05) is 25.8 Å². The zero-order valence-corrected chi connectivity index (χ0v) is 23.3. The van der Waals surface area contributed by atoms with Crippen LogP contribution in [-0.2, 0) is 0 Å². The van der Waals surface area contributed by atoms with Gasteiger partial charge in [0, 0.05) is 41.9 Å². The summed E-state index contributed by atoms with van der Waals surface area (Å²) in [6, 6.07) is 2.79. The summed E-state index contributed by atoms with van der Waals surface area (Å²) in [5.41, 5.74) is -0.142. The van der Waals surface area contributed by atoms with Crippen LogP contribution in [0.1, 0.15) is 54.2 Å². The second-order valence-electron chi connectivity index (χ2n) is 10.4. The first kappa shape index (κ1) is 27.8. The molecule has 1 atom stereocenters. The highest BCUT2D eigenvalue weighted by Crippen LogP contribution is 2.37. The first-order valence-corrected chi connectivity index (χ1v) is 13.5. The third-order valence-electron chi connectivity index (χ3n) is 7.04. The number of hydrogen-bond acceptors (Lipinski definition) is 10. The predicted octanol–water partition coefficient (Wildman–Crippen LogP) is 3.80. The van der Waals surface area contributed by atoms with Crippen LogP contribution in [-0.4, -0.2) is 75.1 Å². The van der Waals surface area contributed by atoms with Gasteiger partial charge in [0.25, 0.3) is 12.3 Å². The normalized spacial score (nSPS) is 18.8. The van der Waals surface area contributed by atoms with Crippen molar-refractivity contribution in [2.75, 3.05) is 37.5 Å². The first-order valence-electron chi connectivity index (χ1n) is 12.7. The molecule has 210 valence electrons. The number of carbonyl (C=O) groups excluding carboxylic acids is 1. The van der Waals surface area contributed by atoms with Crippen LogP contribution in [0.5, 0.6) is 5.75 Å². The number of aliphatic hydroxyl groups is 1. The number of halogens is 2. The fourth-order valence-corrected chi connectivity index (χ4v) is 4.90. The number of pyridine rings is 2. The van der Waals surface area contributed by atoms with Gasteiger partial charge in [-0.25, -0.2) is 13.8 Å². The van der Waals surface area contributed by atoms with Crippen molar-refractivity contribution in [3.8, 4) is 28.7 Å². The number of hydrogen-bond donors (Lipinski definition) is 2. The molecule has 2 aliphatic rings. The van der Waals surface area contributed by atoms with Gasteiger partial charge in [0.1, 0.15) is 23.5 Å². The lowest BCUT2D eigenvalue weighted by molar-refractivity contribution is 0.0287. The predicted molar refractivity (Wildman–Crippen MR) is 147 cm³/mol. The van der Waals surface area contributed by atoms with Crippen molar-refractivity contribution in [3.63, 3.8) is 0 Å². The highest BCUT2D eigenvalue weighted by Gasteiger charge is 2.37. The number of nitrogens with zero attached hydrogens (tertiary/aromatic N) is 6. The number of amides is 1. The second-order valence-corrected chi connectivity index (χ2v) is 11.4. The molecule has 2 fully saturated rings. The fraction of sp³-hybridized carbons (Fsp3) is 0.444. The molecule has 0 radical (unpaired) electrons. The smallest absolute Gasteiger partial charge is 0.280 e. The zero-order valence-electron chi connectivity index (χ0n) is 22.5. The van der Waals surface area contributed by atoms with Crippen molar-refractivity contribution >= 4 is 28.2 Å². The summed E-state index contributed by atoms with van der Waals surface area (Å²) >= 11 is 1.14. The maximum atomic E-state index is 13.6. The summed E-state index contributed by atoms with van der Waals surface area (Å²) < 4.78 is 32.7. The van der Waals surface area contributed by atoms with E-state index >= 15 is 0 Å². The van der Waals surface area contributed by atoms with Crippen LogP contribution in [0.15, 0.2) is 24.5 Å². The molecule has 0 spiro atoms. The van der Waals surface area contributed by atoms with Gasteiger partial charge in [-0.2, -0.15) is 0 Å². The van der Waals surface area contributed by atoms with Crippen LogP contribution in [0.3, 0.4) is 0 Å².